The molecule has 3 N–H and O–H groups in total. The Bertz CT molecular complexity index is 2190. The number of nitriles is 1. The van der Waals surface area contributed by atoms with E-state index in [0.717, 1.165) is 42.5 Å². The Hall–Kier alpha value is -5.82. The lowest BCUT2D eigenvalue weighted by Crippen LogP contribution is -2.50. The van der Waals surface area contributed by atoms with Crippen LogP contribution >= 0.6 is 11.3 Å². The third kappa shape index (κ3) is 6.72. The van der Waals surface area contributed by atoms with E-state index >= 15 is 0 Å². The molecular weight excluding hydrogens is 685 g/mol. The van der Waals surface area contributed by atoms with E-state index in [1.165, 1.54) is 23.2 Å². The second-order valence-corrected chi connectivity index (χ2v) is 13.6. The van der Waals surface area contributed by atoms with Gasteiger partial charge in [0.25, 0.3) is 17.7 Å². The summed E-state index contributed by atoms with van der Waals surface area (Å²) in [6.07, 6.45) is 2.84. The molecule has 12 nitrogen and oxygen atoms in total. The molecule has 1 unspecified atom stereocenters. The number of carbonyl (C=O) groups is 4. The third-order valence-electron chi connectivity index (χ3n) is 8.90. The number of pyridine rings is 2. The number of piperidine rings is 1. The van der Waals surface area contributed by atoms with Gasteiger partial charge in [0.1, 0.15) is 27.2 Å². The fourth-order valence-corrected chi connectivity index (χ4v) is 7.27. The van der Waals surface area contributed by atoms with Crippen LogP contribution in [0, 0.1) is 24.2 Å². The van der Waals surface area contributed by atoms with Gasteiger partial charge in [-0.3, -0.25) is 19.3 Å². The average Bonchev–Trinajstić information content (AvgIpc) is 3.86. The Labute approximate surface area is 293 Å². The number of hydrogen-bond acceptors (Lipinski definition) is 8. The highest BCUT2D eigenvalue weighted by atomic mass is 32.1. The molecule has 0 radical (unpaired) electrons. The minimum atomic E-state index is -4.60. The second kappa shape index (κ2) is 13.1. The van der Waals surface area contributed by atoms with Crippen LogP contribution in [0.15, 0.2) is 60.4 Å². The van der Waals surface area contributed by atoms with Gasteiger partial charge in [0.2, 0.25) is 0 Å². The molecule has 16 heteroatoms. The largest absolute Gasteiger partial charge is 0.416 e. The van der Waals surface area contributed by atoms with Crippen LogP contribution < -0.4 is 20.9 Å². The summed E-state index contributed by atoms with van der Waals surface area (Å²) in [5.74, 6) is -1.44. The van der Waals surface area contributed by atoms with E-state index in [1.54, 1.807) is 30.0 Å². The zero-order valence-electron chi connectivity index (χ0n) is 27.0. The van der Waals surface area contributed by atoms with Crippen molar-refractivity contribution >= 4 is 68.2 Å². The number of benzene rings is 1. The number of nitrogens with one attached hydrogen (secondary N) is 3. The van der Waals surface area contributed by atoms with Gasteiger partial charge in [-0.15, -0.1) is 11.3 Å². The molecule has 0 bridgehead atoms. The standard InChI is InChI=1S/C35H29F3N8O4S/c1-18-13-20(30(47)43-26-15-22(8-10-40-26)35(36,37)38)6-7-24(18)46-25-9-11-41-32-27(25)28(44-34(46)50)29(51-32)31(48)42-23-3-2-12-45(17-23)33(49)21(16-39)14-19-4-5-19/h6-11,13-15,19,23H,2-5,12,17H2,1H3,(H,42,48)(H,44,50)(H,40,43,47). The molecule has 0 spiro atoms. The van der Waals surface area contributed by atoms with Gasteiger partial charge in [-0.2, -0.15) is 18.4 Å². The molecule has 7 rings (SSSR count). The molecule has 2 fully saturated rings. The predicted octanol–water partition coefficient (Wildman–Crippen LogP) is 6.54. The molecule has 3 aliphatic rings. The van der Waals surface area contributed by atoms with Crippen molar-refractivity contribution in [3.63, 3.8) is 0 Å². The highest BCUT2D eigenvalue weighted by Gasteiger charge is 2.35. The summed E-state index contributed by atoms with van der Waals surface area (Å²) in [6.45, 7) is 2.42. The molecule has 4 aromatic rings. The number of anilines is 4. The number of alkyl halides is 3. The fourth-order valence-electron chi connectivity index (χ4n) is 6.25. The zero-order valence-corrected chi connectivity index (χ0v) is 27.8. The van der Waals surface area contributed by atoms with Gasteiger partial charge in [0, 0.05) is 37.1 Å². The van der Waals surface area contributed by atoms with E-state index in [4.69, 9.17) is 0 Å². The third-order valence-corrected chi connectivity index (χ3v) is 10.00. The van der Waals surface area contributed by atoms with Crippen molar-refractivity contribution in [3.05, 3.63) is 82.0 Å². The number of rotatable bonds is 7. The normalized spacial score (nSPS) is 17.5. The van der Waals surface area contributed by atoms with Crippen molar-refractivity contribution in [2.45, 2.75) is 44.8 Å². The molecule has 1 atom stereocenters. The molecule has 1 aliphatic carbocycles. The lowest BCUT2D eigenvalue weighted by molar-refractivity contribution is -0.137. The first kappa shape index (κ1) is 33.7. The number of urea groups is 1. The van der Waals surface area contributed by atoms with Crippen molar-refractivity contribution in [3.8, 4) is 6.07 Å². The van der Waals surface area contributed by atoms with Crippen molar-refractivity contribution in [2.75, 3.05) is 28.6 Å². The number of thiophene rings is 1. The molecular formula is C35H29F3N8O4S. The second-order valence-electron chi connectivity index (χ2n) is 12.6. The number of likely N-dealkylation sites (tertiary alicyclic amines) is 1. The van der Waals surface area contributed by atoms with Crippen LogP contribution in [0.3, 0.4) is 0 Å². The van der Waals surface area contributed by atoms with E-state index in [9.17, 15) is 37.6 Å². The van der Waals surface area contributed by atoms with E-state index in [0.29, 0.717) is 52.2 Å². The molecule has 5 heterocycles. The Kier molecular flexibility index (Phi) is 8.67. The molecule has 2 aliphatic heterocycles. The first-order chi connectivity index (χ1) is 24.4. The summed E-state index contributed by atoms with van der Waals surface area (Å²) in [7, 11) is 0. The maximum Gasteiger partial charge on any atom is 0.416 e. The Morgan fingerprint density at radius 2 is 1.84 bits per heavy atom. The van der Waals surface area contributed by atoms with Gasteiger partial charge < -0.3 is 20.9 Å². The van der Waals surface area contributed by atoms with Gasteiger partial charge in [0.05, 0.1) is 28.0 Å². The van der Waals surface area contributed by atoms with Crippen molar-refractivity contribution in [1.82, 2.24) is 20.2 Å². The topological polar surface area (TPSA) is 160 Å². The number of carbonyl (C=O) groups excluding carboxylic acids is 4. The molecule has 1 saturated heterocycles. The first-order valence-electron chi connectivity index (χ1n) is 16.1. The Morgan fingerprint density at radius 1 is 1.06 bits per heavy atom. The van der Waals surface area contributed by atoms with Crippen LogP contribution in [0.4, 0.5) is 40.8 Å². The number of amides is 5. The smallest absolute Gasteiger partial charge is 0.347 e. The summed E-state index contributed by atoms with van der Waals surface area (Å²) in [6, 6.07) is 8.79. The van der Waals surface area contributed by atoms with Crippen LogP contribution in [0.1, 0.15) is 56.8 Å². The highest BCUT2D eigenvalue weighted by molar-refractivity contribution is 7.21. The lowest BCUT2D eigenvalue weighted by Gasteiger charge is -2.33. The average molecular weight is 715 g/mol. The van der Waals surface area contributed by atoms with Gasteiger partial charge >= 0.3 is 12.2 Å². The molecule has 5 amide bonds. The summed E-state index contributed by atoms with van der Waals surface area (Å²) in [5.41, 5.74) is 1.02. The van der Waals surface area contributed by atoms with Gasteiger partial charge in [0.15, 0.2) is 0 Å². The van der Waals surface area contributed by atoms with E-state index in [2.05, 4.69) is 25.9 Å². The van der Waals surface area contributed by atoms with Crippen molar-refractivity contribution in [2.24, 2.45) is 5.92 Å². The first-order valence-corrected chi connectivity index (χ1v) is 16.9. The van der Waals surface area contributed by atoms with E-state index in [1.807, 2.05) is 6.07 Å². The van der Waals surface area contributed by atoms with Crippen LogP contribution in [0.2, 0.25) is 0 Å². The Morgan fingerprint density at radius 3 is 2.57 bits per heavy atom. The van der Waals surface area contributed by atoms with Crippen LogP contribution in [-0.4, -0.2) is 57.8 Å². The molecule has 3 aromatic heterocycles. The quantitative estimate of drug-likeness (QED) is 0.145. The fraction of sp³-hybridized carbons (Fsp3) is 0.286. The van der Waals surface area contributed by atoms with Gasteiger partial charge in [-0.25, -0.2) is 14.8 Å². The van der Waals surface area contributed by atoms with Crippen molar-refractivity contribution < 1.29 is 32.3 Å². The molecule has 1 aromatic carbocycles. The van der Waals surface area contributed by atoms with Crippen LogP contribution in [-0.2, 0) is 11.0 Å². The molecule has 51 heavy (non-hydrogen) atoms. The minimum Gasteiger partial charge on any atom is -0.347 e. The highest BCUT2D eigenvalue weighted by Crippen LogP contribution is 2.46. The van der Waals surface area contributed by atoms with Crippen LogP contribution in [0.5, 0.6) is 0 Å². The maximum atomic E-state index is 13.7. The summed E-state index contributed by atoms with van der Waals surface area (Å²) < 4.78 is 39.4. The Balaban J connectivity index is 1.10. The number of hydrogen-bond donors (Lipinski definition) is 3. The van der Waals surface area contributed by atoms with E-state index in [-0.39, 0.29) is 46.2 Å². The lowest BCUT2D eigenvalue weighted by atomic mass is 10.0. The monoisotopic (exact) mass is 714 g/mol. The number of aryl methyl sites for hydroxylation is 1. The zero-order chi connectivity index (χ0) is 36.0. The molecule has 260 valence electrons. The summed E-state index contributed by atoms with van der Waals surface area (Å²) in [5, 5.41) is 18.3. The maximum absolute atomic E-state index is 13.7. The summed E-state index contributed by atoms with van der Waals surface area (Å²) >= 11 is 1.12. The number of halogens is 3. The SMILES string of the molecule is Cc1cc(C(=O)Nc2cc(C(F)(F)F)ccn2)ccc1N1C(=O)Nc2c(C(=O)NC3CCCN(C(=O)C(C#N)=CC4CC4)C3)sc3nccc1c23. The molecule has 1 saturated carbocycles. The van der Waals surface area contributed by atoms with Gasteiger partial charge in [-0.1, -0.05) is 6.08 Å². The van der Waals surface area contributed by atoms with Crippen molar-refractivity contribution in [1.29, 1.82) is 5.26 Å². The number of nitrogens with zero attached hydrogens (tertiary/aromatic N) is 5. The minimum absolute atomic E-state index is 0.130. The number of aromatic nitrogens is 2. The predicted molar refractivity (Wildman–Crippen MR) is 183 cm³/mol. The van der Waals surface area contributed by atoms with Gasteiger partial charge in [-0.05, 0) is 80.5 Å². The van der Waals surface area contributed by atoms with Crippen LogP contribution in [0.25, 0.3) is 10.2 Å². The summed E-state index contributed by atoms with van der Waals surface area (Å²) in [4.78, 5) is 65.3. The van der Waals surface area contributed by atoms with E-state index < -0.39 is 29.6 Å². The number of allylic oxidation sites excluding steroid dienone is 1.